The predicted octanol–water partition coefficient (Wildman–Crippen LogP) is 2.81. The fourth-order valence-corrected chi connectivity index (χ4v) is 1.26. The standard InChI is InChI=1S/C11H17NO/c1-4-9-5-6-11(13-9)10(12)7-8(2)3/h5-6,10H,2,4,7,12H2,1,3H3/t10-/m0/s1. The van der Waals surface area contributed by atoms with E-state index in [0.717, 1.165) is 29.9 Å². The zero-order chi connectivity index (χ0) is 9.84. The van der Waals surface area contributed by atoms with E-state index in [2.05, 4.69) is 13.5 Å². The molecule has 0 aromatic carbocycles. The highest BCUT2D eigenvalue weighted by Gasteiger charge is 2.10. The van der Waals surface area contributed by atoms with Gasteiger partial charge in [0.15, 0.2) is 0 Å². The summed E-state index contributed by atoms with van der Waals surface area (Å²) in [6, 6.07) is 3.89. The molecule has 1 rings (SSSR count). The second kappa shape index (κ2) is 4.28. The van der Waals surface area contributed by atoms with Crippen LogP contribution in [0.15, 0.2) is 28.7 Å². The normalized spacial score (nSPS) is 12.8. The molecule has 72 valence electrons. The molecule has 0 saturated heterocycles. The average Bonchev–Trinajstić information content (AvgIpc) is 2.50. The van der Waals surface area contributed by atoms with Gasteiger partial charge in [-0.15, -0.1) is 6.58 Å². The van der Waals surface area contributed by atoms with Gasteiger partial charge in [-0.1, -0.05) is 12.5 Å². The summed E-state index contributed by atoms with van der Waals surface area (Å²) in [7, 11) is 0. The first-order valence-electron chi connectivity index (χ1n) is 4.62. The van der Waals surface area contributed by atoms with Gasteiger partial charge in [0.25, 0.3) is 0 Å². The summed E-state index contributed by atoms with van der Waals surface area (Å²) in [5, 5.41) is 0. The van der Waals surface area contributed by atoms with Crippen molar-refractivity contribution in [2.24, 2.45) is 5.73 Å². The molecule has 0 saturated carbocycles. The minimum Gasteiger partial charge on any atom is -0.464 e. The van der Waals surface area contributed by atoms with Crippen molar-refractivity contribution in [2.75, 3.05) is 0 Å². The van der Waals surface area contributed by atoms with Gasteiger partial charge in [-0.3, -0.25) is 0 Å². The van der Waals surface area contributed by atoms with Crippen LogP contribution in [0.25, 0.3) is 0 Å². The lowest BCUT2D eigenvalue weighted by molar-refractivity contribution is 0.434. The second-order valence-electron chi connectivity index (χ2n) is 3.43. The van der Waals surface area contributed by atoms with E-state index >= 15 is 0 Å². The van der Waals surface area contributed by atoms with E-state index in [-0.39, 0.29) is 6.04 Å². The Morgan fingerprint density at radius 2 is 2.31 bits per heavy atom. The molecule has 0 aliphatic rings. The van der Waals surface area contributed by atoms with E-state index in [9.17, 15) is 0 Å². The van der Waals surface area contributed by atoms with E-state index in [0.29, 0.717) is 0 Å². The van der Waals surface area contributed by atoms with Crippen LogP contribution in [0, 0.1) is 0 Å². The van der Waals surface area contributed by atoms with Crippen molar-refractivity contribution in [3.63, 3.8) is 0 Å². The van der Waals surface area contributed by atoms with Crippen molar-refractivity contribution in [2.45, 2.75) is 32.7 Å². The van der Waals surface area contributed by atoms with E-state index in [1.165, 1.54) is 0 Å². The molecule has 13 heavy (non-hydrogen) atoms. The molecule has 0 amide bonds. The summed E-state index contributed by atoms with van der Waals surface area (Å²) in [5.41, 5.74) is 6.99. The molecular formula is C11H17NO. The fraction of sp³-hybridized carbons (Fsp3) is 0.455. The summed E-state index contributed by atoms with van der Waals surface area (Å²) in [6.45, 7) is 7.86. The van der Waals surface area contributed by atoms with Crippen LogP contribution in [0.5, 0.6) is 0 Å². The van der Waals surface area contributed by atoms with Crippen LogP contribution in [-0.4, -0.2) is 0 Å². The third-order valence-electron chi connectivity index (χ3n) is 1.96. The quantitative estimate of drug-likeness (QED) is 0.722. The molecule has 0 fully saturated rings. The van der Waals surface area contributed by atoms with Crippen molar-refractivity contribution in [1.29, 1.82) is 0 Å². The Morgan fingerprint density at radius 1 is 1.62 bits per heavy atom. The Hall–Kier alpha value is -1.02. The van der Waals surface area contributed by atoms with E-state index in [4.69, 9.17) is 10.2 Å². The minimum atomic E-state index is -0.0437. The lowest BCUT2D eigenvalue weighted by Crippen LogP contribution is -2.09. The summed E-state index contributed by atoms with van der Waals surface area (Å²) in [6.07, 6.45) is 1.70. The maximum atomic E-state index is 5.91. The van der Waals surface area contributed by atoms with E-state index in [1.54, 1.807) is 0 Å². The number of hydrogen-bond donors (Lipinski definition) is 1. The summed E-state index contributed by atoms with van der Waals surface area (Å²) < 4.78 is 5.53. The molecular weight excluding hydrogens is 162 g/mol. The number of rotatable bonds is 4. The number of furan rings is 1. The second-order valence-corrected chi connectivity index (χ2v) is 3.43. The van der Waals surface area contributed by atoms with Gasteiger partial charge in [0, 0.05) is 6.42 Å². The average molecular weight is 179 g/mol. The Morgan fingerprint density at radius 3 is 2.77 bits per heavy atom. The maximum Gasteiger partial charge on any atom is 0.121 e. The molecule has 1 atom stereocenters. The zero-order valence-corrected chi connectivity index (χ0v) is 8.34. The Balaban J connectivity index is 2.65. The molecule has 0 radical (unpaired) electrons. The van der Waals surface area contributed by atoms with Gasteiger partial charge in [0.2, 0.25) is 0 Å². The number of nitrogens with two attached hydrogens (primary N) is 1. The fourth-order valence-electron chi connectivity index (χ4n) is 1.26. The first kappa shape index (κ1) is 10.1. The van der Waals surface area contributed by atoms with Gasteiger partial charge < -0.3 is 10.2 Å². The topological polar surface area (TPSA) is 39.2 Å². The minimum absolute atomic E-state index is 0.0437. The van der Waals surface area contributed by atoms with Crippen molar-refractivity contribution >= 4 is 0 Å². The molecule has 1 aromatic heterocycles. The largest absolute Gasteiger partial charge is 0.464 e. The molecule has 0 aliphatic heterocycles. The van der Waals surface area contributed by atoms with Crippen LogP contribution in [0.2, 0.25) is 0 Å². The lowest BCUT2D eigenvalue weighted by atomic mass is 10.1. The highest BCUT2D eigenvalue weighted by molar-refractivity contribution is 5.12. The molecule has 0 aliphatic carbocycles. The Labute approximate surface area is 79.4 Å². The summed E-state index contributed by atoms with van der Waals surface area (Å²) in [5.74, 6) is 1.85. The van der Waals surface area contributed by atoms with Crippen LogP contribution in [-0.2, 0) is 6.42 Å². The number of aryl methyl sites for hydroxylation is 1. The SMILES string of the molecule is C=C(C)C[C@H](N)c1ccc(CC)o1. The van der Waals surface area contributed by atoms with Gasteiger partial charge in [-0.25, -0.2) is 0 Å². The Kier molecular flexibility index (Phi) is 3.32. The van der Waals surface area contributed by atoms with Gasteiger partial charge in [0.1, 0.15) is 11.5 Å². The smallest absolute Gasteiger partial charge is 0.121 e. The van der Waals surface area contributed by atoms with Crippen molar-refractivity contribution in [3.8, 4) is 0 Å². The van der Waals surface area contributed by atoms with Crippen LogP contribution < -0.4 is 5.73 Å². The van der Waals surface area contributed by atoms with Gasteiger partial charge in [-0.2, -0.15) is 0 Å². The highest BCUT2D eigenvalue weighted by atomic mass is 16.3. The first-order chi connectivity index (χ1) is 6.13. The number of hydrogen-bond acceptors (Lipinski definition) is 2. The van der Waals surface area contributed by atoms with Gasteiger partial charge in [-0.05, 0) is 25.5 Å². The van der Waals surface area contributed by atoms with Crippen molar-refractivity contribution < 1.29 is 4.42 Å². The monoisotopic (exact) mass is 179 g/mol. The third kappa shape index (κ3) is 2.74. The third-order valence-corrected chi connectivity index (χ3v) is 1.96. The van der Waals surface area contributed by atoms with Crippen molar-refractivity contribution in [3.05, 3.63) is 35.8 Å². The molecule has 1 heterocycles. The van der Waals surface area contributed by atoms with Crippen LogP contribution in [0.4, 0.5) is 0 Å². The van der Waals surface area contributed by atoms with Crippen LogP contribution in [0.3, 0.4) is 0 Å². The van der Waals surface area contributed by atoms with E-state index < -0.39 is 0 Å². The molecule has 1 aromatic rings. The molecule has 2 nitrogen and oxygen atoms in total. The molecule has 0 bridgehead atoms. The van der Waals surface area contributed by atoms with Crippen LogP contribution in [0.1, 0.15) is 37.8 Å². The first-order valence-corrected chi connectivity index (χ1v) is 4.62. The molecule has 0 spiro atoms. The summed E-state index contributed by atoms with van der Waals surface area (Å²) >= 11 is 0. The van der Waals surface area contributed by atoms with Gasteiger partial charge in [0.05, 0.1) is 6.04 Å². The maximum absolute atomic E-state index is 5.91. The summed E-state index contributed by atoms with van der Waals surface area (Å²) in [4.78, 5) is 0. The lowest BCUT2D eigenvalue weighted by Gasteiger charge is -2.07. The van der Waals surface area contributed by atoms with Crippen molar-refractivity contribution in [1.82, 2.24) is 0 Å². The highest BCUT2D eigenvalue weighted by Crippen LogP contribution is 2.20. The zero-order valence-electron chi connectivity index (χ0n) is 8.34. The van der Waals surface area contributed by atoms with E-state index in [1.807, 2.05) is 19.1 Å². The van der Waals surface area contributed by atoms with Gasteiger partial charge >= 0.3 is 0 Å². The Bertz CT molecular complexity index is 288. The predicted molar refractivity (Wildman–Crippen MR) is 54.4 cm³/mol. The molecule has 0 unspecified atom stereocenters. The molecule has 2 N–H and O–H groups in total. The van der Waals surface area contributed by atoms with Crippen LogP contribution >= 0.6 is 0 Å². The molecule has 2 heteroatoms.